The van der Waals surface area contributed by atoms with Gasteiger partial charge in [-0.2, -0.15) is 0 Å². The molecule has 0 saturated heterocycles. The van der Waals surface area contributed by atoms with Crippen molar-refractivity contribution >= 4 is 94.8 Å². The molecule has 12 aromatic rings. The molecule has 0 unspecified atom stereocenters. The van der Waals surface area contributed by atoms with Gasteiger partial charge in [0, 0.05) is 33.5 Å². The lowest BCUT2D eigenvalue weighted by atomic mass is 9.88. The van der Waals surface area contributed by atoms with Crippen LogP contribution in [-0.4, -0.2) is 0 Å². The van der Waals surface area contributed by atoms with Crippen molar-refractivity contribution in [1.82, 2.24) is 0 Å². The Morgan fingerprint density at radius 1 is 0.294 bits per heavy atom. The number of fused-ring (bicyclic) bond motifs is 2. The fourth-order valence-corrected chi connectivity index (χ4v) is 10.0. The summed E-state index contributed by atoms with van der Waals surface area (Å²) in [5, 5.41) is 13.8. The number of nitrogens with one attached hydrogen (secondary N) is 1. The lowest BCUT2D eigenvalue weighted by Gasteiger charge is -2.28. The second-order valence-electron chi connectivity index (χ2n) is 17.3. The summed E-state index contributed by atoms with van der Waals surface area (Å²) in [5.74, 6) is 0. The zero-order chi connectivity index (χ0) is 45.2. The molecule has 1 N–H and O–H groups in total. The molecule has 0 aliphatic carbocycles. The minimum atomic E-state index is 1.05. The minimum absolute atomic E-state index is 1.05. The van der Waals surface area contributed by atoms with Crippen LogP contribution in [0.3, 0.4) is 0 Å². The molecular weight excluding hydrogens is 821 g/mol. The number of anilines is 5. The molecule has 0 fully saturated rings. The van der Waals surface area contributed by atoms with Gasteiger partial charge in [-0.25, -0.2) is 0 Å². The largest absolute Gasteiger partial charge is 0.355 e. The van der Waals surface area contributed by atoms with E-state index in [0.29, 0.717) is 0 Å². The number of benzene rings is 12. The predicted octanol–water partition coefficient (Wildman–Crippen LogP) is 18.1. The van der Waals surface area contributed by atoms with Gasteiger partial charge in [-0.05, 0) is 138 Å². The Hall–Kier alpha value is -8.98. The average molecular weight is 867 g/mol. The Kier molecular flexibility index (Phi) is 10.6. The third-order valence-electron chi connectivity index (χ3n) is 13.2. The lowest BCUT2D eigenvalue weighted by Crippen LogP contribution is -2.10. The van der Waals surface area contributed by atoms with Gasteiger partial charge in [-0.3, -0.25) is 0 Å². The van der Waals surface area contributed by atoms with Gasteiger partial charge in [-0.1, -0.05) is 212 Å². The van der Waals surface area contributed by atoms with E-state index in [0.717, 1.165) is 39.6 Å². The molecule has 2 heteroatoms. The highest BCUT2D eigenvalue weighted by Gasteiger charge is 2.21. The molecule has 0 bridgehead atoms. The van der Waals surface area contributed by atoms with Crippen LogP contribution in [0.1, 0.15) is 33.4 Å². The first kappa shape index (κ1) is 40.5. The summed E-state index contributed by atoms with van der Waals surface area (Å²) in [6, 6.07) is 93.8. The summed E-state index contributed by atoms with van der Waals surface area (Å²) < 4.78 is 0. The molecular formula is C66H46N2. The van der Waals surface area contributed by atoms with Crippen LogP contribution in [0.4, 0.5) is 28.4 Å². The van der Waals surface area contributed by atoms with Gasteiger partial charge in [-0.15, -0.1) is 0 Å². The molecule has 0 saturated carbocycles. The Bertz CT molecular complexity index is 3650. The smallest absolute Gasteiger partial charge is 0.0540 e. The summed E-state index contributed by atoms with van der Waals surface area (Å²) in [5.41, 5.74) is 14.9. The number of para-hydroxylation sites is 1. The fraction of sp³-hybridized carbons (Fsp3) is 0. The van der Waals surface area contributed by atoms with Crippen molar-refractivity contribution in [3.8, 4) is 0 Å². The molecule has 0 aliphatic heterocycles. The molecule has 68 heavy (non-hydrogen) atoms. The number of nitrogens with zero attached hydrogens (tertiary/aromatic N) is 1. The molecule has 0 aliphatic rings. The molecule has 2 nitrogen and oxygen atoms in total. The summed E-state index contributed by atoms with van der Waals surface area (Å²) in [4.78, 5) is 2.40. The van der Waals surface area contributed by atoms with Crippen molar-refractivity contribution in [2.75, 3.05) is 10.2 Å². The van der Waals surface area contributed by atoms with Crippen molar-refractivity contribution < 1.29 is 0 Å². The van der Waals surface area contributed by atoms with E-state index in [2.05, 4.69) is 283 Å². The molecule has 0 aromatic heterocycles. The Labute approximate surface area is 397 Å². The molecule has 12 aromatic carbocycles. The molecule has 0 radical (unpaired) electrons. The Balaban J connectivity index is 0.918. The number of hydrogen-bond acceptors (Lipinski definition) is 2. The maximum atomic E-state index is 3.80. The average Bonchev–Trinajstić information content (AvgIpc) is 3.41. The van der Waals surface area contributed by atoms with Crippen molar-refractivity contribution in [3.05, 3.63) is 294 Å². The van der Waals surface area contributed by atoms with Gasteiger partial charge >= 0.3 is 0 Å². The van der Waals surface area contributed by atoms with E-state index in [1.807, 2.05) is 0 Å². The normalized spacial score (nSPS) is 11.2. The maximum Gasteiger partial charge on any atom is 0.0540 e. The molecule has 0 atom stereocenters. The molecule has 320 valence electrons. The molecule has 0 spiro atoms. The maximum absolute atomic E-state index is 3.80. The van der Waals surface area contributed by atoms with Crippen LogP contribution in [0.5, 0.6) is 0 Å². The summed E-state index contributed by atoms with van der Waals surface area (Å²) in [7, 11) is 0. The van der Waals surface area contributed by atoms with Crippen molar-refractivity contribution in [2.24, 2.45) is 0 Å². The SMILES string of the molecule is C(=C(c1ccccc1)c1ccccc1)c1ccc(Nc2ccc3c4cccc5c(N(c6ccccc6)c6ccc(C=C(c7ccccc7)c7ccccc7)cc6)ccc(c6cccc2c36)c54)cc1. The van der Waals surface area contributed by atoms with E-state index in [-0.39, 0.29) is 0 Å². The van der Waals surface area contributed by atoms with Crippen molar-refractivity contribution in [2.45, 2.75) is 0 Å². The first-order valence-electron chi connectivity index (χ1n) is 23.3. The van der Waals surface area contributed by atoms with E-state index >= 15 is 0 Å². The topological polar surface area (TPSA) is 15.3 Å². The van der Waals surface area contributed by atoms with Crippen molar-refractivity contribution in [1.29, 1.82) is 0 Å². The third-order valence-corrected chi connectivity index (χ3v) is 13.2. The predicted molar refractivity (Wildman–Crippen MR) is 292 cm³/mol. The second kappa shape index (κ2) is 17.8. The summed E-state index contributed by atoms with van der Waals surface area (Å²) in [6.45, 7) is 0. The standard InChI is InChI=1S/C66H46N2/c1-6-18-48(19-7-1)61(49-20-8-2-9-21-49)44-46-32-36-52(37-33-46)67-63-42-40-57-56-29-17-31-60-64(43-41-58(66(56)60)55-28-16-30-59(63)65(55)57)68(53-26-14-5-15-27-53)54-38-34-47(35-39-54)45-62(50-22-10-3-11-23-50)51-24-12-4-13-25-51/h1-45,67H. The van der Waals surface area contributed by atoms with Gasteiger partial charge in [0.05, 0.1) is 5.69 Å². The van der Waals surface area contributed by atoms with Gasteiger partial charge in [0.25, 0.3) is 0 Å². The summed E-state index contributed by atoms with van der Waals surface area (Å²) in [6.07, 6.45) is 4.58. The van der Waals surface area contributed by atoms with Crippen molar-refractivity contribution in [3.63, 3.8) is 0 Å². The van der Waals surface area contributed by atoms with E-state index in [1.165, 1.54) is 76.5 Å². The second-order valence-corrected chi connectivity index (χ2v) is 17.3. The van der Waals surface area contributed by atoms with Crippen LogP contribution in [0.25, 0.3) is 66.4 Å². The molecule has 0 amide bonds. The highest BCUT2D eigenvalue weighted by atomic mass is 15.1. The highest BCUT2D eigenvalue weighted by Crippen LogP contribution is 2.47. The van der Waals surface area contributed by atoms with Crippen LogP contribution >= 0.6 is 0 Å². The van der Waals surface area contributed by atoms with Crippen LogP contribution in [0.15, 0.2) is 261 Å². The molecule has 0 heterocycles. The summed E-state index contributed by atoms with van der Waals surface area (Å²) >= 11 is 0. The van der Waals surface area contributed by atoms with Crippen LogP contribution in [0, 0.1) is 0 Å². The van der Waals surface area contributed by atoms with Gasteiger partial charge < -0.3 is 10.2 Å². The van der Waals surface area contributed by atoms with Gasteiger partial charge in [0.15, 0.2) is 0 Å². The third kappa shape index (κ3) is 7.64. The Morgan fingerprint density at radius 2 is 0.676 bits per heavy atom. The first-order valence-corrected chi connectivity index (χ1v) is 23.3. The molecule has 12 rings (SSSR count). The number of hydrogen-bond donors (Lipinski definition) is 1. The zero-order valence-electron chi connectivity index (χ0n) is 37.4. The van der Waals surface area contributed by atoms with E-state index in [4.69, 9.17) is 0 Å². The monoisotopic (exact) mass is 866 g/mol. The van der Waals surface area contributed by atoms with Gasteiger partial charge in [0.1, 0.15) is 0 Å². The minimum Gasteiger partial charge on any atom is -0.355 e. The van der Waals surface area contributed by atoms with Gasteiger partial charge in [0.2, 0.25) is 0 Å². The number of rotatable bonds is 11. The highest BCUT2D eigenvalue weighted by molar-refractivity contribution is 6.35. The van der Waals surface area contributed by atoms with E-state index in [1.54, 1.807) is 0 Å². The van der Waals surface area contributed by atoms with E-state index < -0.39 is 0 Å². The fourth-order valence-electron chi connectivity index (χ4n) is 10.0. The van der Waals surface area contributed by atoms with Crippen LogP contribution in [0.2, 0.25) is 0 Å². The first-order chi connectivity index (χ1) is 33.7. The van der Waals surface area contributed by atoms with E-state index in [9.17, 15) is 0 Å². The lowest BCUT2D eigenvalue weighted by molar-refractivity contribution is 1.30. The zero-order valence-corrected chi connectivity index (χ0v) is 37.4. The van der Waals surface area contributed by atoms with Crippen LogP contribution < -0.4 is 10.2 Å². The Morgan fingerprint density at radius 3 is 1.18 bits per heavy atom. The van der Waals surface area contributed by atoms with Crippen LogP contribution in [-0.2, 0) is 0 Å². The quantitative estimate of drug-likeness (QED) is 0.0792.